The number of fused-ring (bicyclic) bond motifs is 1. The lowest BCUT2D eigenvalue weighted by molar-refractivity contribution is -0.387. The fourth-order valence-electron chi connectivity index (χ4n) is 1.61. The number of halogens is 4. The van der Waals surface area contributed by atoms with Gasteiger partial charge < -0.3 is 5.32 Å². The lowest BCUT2D eigenvalue weighted by Gasteiger charge is -2.18. The maximum Gasteiger partial charge on any atom is 0.424 e. The summed E-state index contributed by atoms with van der Waals surface area (Å²) in [6.45, 7) is 0. The number of alkyl halides is 3. The van der Waals surface area contributed by atoms with Crippen LogP contribution in [0.25, 0.3) is 0 Å². The highest BCUT2D eigenvalue weighted by molar-refractivity contribution is 9.10. The standard InChI is InChI=1S/C9H2BrF3N3O4/c10-2-1-3-5(15-8(18)7(17)14-3)6(16(19)20)4(2)9(11,12)13/h1H,(H,14,17). The van der Waals surface area contributed by atoms with Crippen molar-refractivity contribution in [2.45, 2.75) is 6.18 Å². The molecule has 7 nitrogen and oxygen atoms in total. The highest BCUT2D eigenvalue weighted by atomic mass is 79.9. The molecule has 20 heavy (non-hydrogen) atoms. The maximum absolute atomic E-state index is 12.9. The molecule has 1 aromatic rings. The molecule has 105 valence electrons. The van der Waals surface area contributed by atoms with Crippen LogP contribution in [0.4, 0.5) is 30.2 Å². The van der Waals surface area contributed by atoms with E-state index in [-0.39, 0.29) is 5.69 Å². The zero-order chi connectivity index (χ0) is 15.2. The second kappa shape index (κ2) is 4.44. The number of nitrogens with zero attached hydrogens (tertiary/aromatic N) is 2. The second-order valence-electron chi connectivity index (χ2n) is 3.60. The van der Waals surface area contributed by atoms with Gasteiger partial charge in [-0.05, 0) is 22.0 Å². The number of hydrogen-bond acceptors (Lipinski definition) is 4. The molecule has 0 bridgehead atoms. The Labute approximate surface area is 116 Å². The first kappa shape index (κ1) is 14.2. The topological polar surface area (TPSA) is 103 Å². The molecule has 2 rings (SSSR count). The summed E-state index contributed by atoms with van der Waals surface area (Å²) in [6.07, 6.45) is -5.03. The van der Waals surface area contributed by atoms with E-state index >= 15 is 0 Å². The van der Waals surface area contributed by atoms with Gasteiger partial charge in [-0.3, -0.25) is 19.7 Å². The van der Waals surface area contributed by atoms with E-state index in [9.17, 15) is 32.9 Å². The van der Waals surface area contributed by atoms with Crippen molar-refractivity contribution in [1.82, 2.24) is 5.32 Å². The molecule has 0 saturated carbocycles. The molecule has 0 saturated heterocycles. The lowest BCUT2D eigenvalue weighted by atomic mass is 10.1. The van der Waals surface area contributed by atoms with E-state index in [2.05, 4.69) is 21.2 Å². The Hall–Kier alpha value is -2.17. The summed E-state index contributed by atoms with van der Waals surface area (Å²) in [6, 6.07) is 0.805. The minimum atomic E-state index is -5.03. The first-order valence-corrected chi connectivity index (χ1v) is 5.57. The Bertz CT molecular complexity index is 659. The van der Waals surface area contributed by atoms with Crippen LogP contribution in [-0.4, -0.2) is 16.7 Å². The van der Waals surface area contributed by atoms with Crippen molar-refractivity contribution in [3.63, 3.8) is 0 Å². The molecule has 0 unspecified atom stereocenters. The number of carbonyl (C=O) groups is 2. The van der Waals surface area contributed by atoms with Crippen LogP contribution in [0.15, 0.2) is 10.5 Å². The van der Waals surface area contributed by atoms with Crippen molar-refractivity contribution in [3.05, 3.63) is 26.2 Å². The van der Waals surface area contributed by atoms with E-state index in [1.54, 1.807) is 0 Å². The number of amides is 2. The van der Waals surface area contributed by atoms with Gasteiger partial charge in [0.2, 0.25) is 0 Å². The average molecular weight is 353 g/mol. The molecule has 1 N–H and O–H groups in total. The third-order valence-electron chi connectivity index (χ3n) is 2.35. The second-order valence-corrected chi connectivity index (χ2v) is 4.46. The van der Waals surface area contributed by atoms with Crippen LogP contribution in [0.2, 0.25) is 0 Å². The molecule has 0 atom stereocenters. The van der Waals surface area contributed by atoms with Crippen LogP contribution >= 0.6 is 15.9 Å². The molecule has 1 aliphatic heterocycles. The Morgan fingerprint density at radius 1 is 1.35 bits per heavy atom. The largest absolute Gasteiger partial charge is 0.424 e. The molecule has 2 amide bonds. The van der Waals surface area contributed by atoms with Crippen molar-refractivity contribution in [2.75, 3.05) is 5.32 Å². The molecule has 1 aromatic carbocycles. The van der Waals surface area contributed by atoms with Crippen LogP contribution in [0.5, 0.6) is 0 Å². The monoisotopic (exact) mass is 352 g/mol. The van der Waals surface area contributed by atoms with Crippen LogP contribution < -0.4 is 10.6 Å². The van der Waals surface area contributed by atoms with Gasteiger partial charge in [-0.25, -0.2) is 0 Å². The molecular formula is C9H2BrF3N3O4. The average Bonchev–Trinajstić information content (AvgIpc) is 2.28. The van der Waals surface area contributed by atoms with Crippen LogP contribution in [0, 0.1) is 10.1 Å². The number of nitrogens with one attached hydrogen (secondary N) is 1. The van der Waals surface area contributed by atoms with Gasteiger partial charge in [0.05, 0.1) is 10.6 Å². The molecule has 1 radical (unpaired) electrons. The van der Waals surface area contributed by atoms with Crippen LogP contribution in [0.1, 0.15) is 5.56 Å². The molecule has 1 heterocycles. The van der Waals surface area contributed by atoms with Gasteiger partial charge in [0.25, 0.3) is 0 Å². The Morgan fingerprint density at radius 3 is 2.45 bits per heavy atom. The lowest BCUT2D eigenvalue weighted by Crippen LogP contribution is -2.34. The van der Waals surface area contributed by atoms with Gasteiger partial charge in [-0.15, -0.1) is 0 Å². The van der Waals surface area contributed by atoms with Gasteiger partial charge in [0.15, 0.2) is 5.69 Å². The maximum atomic E-state index is 12.9. The summed E-state index contributed by atoms with van der Waals surface area (Å²) in [5.74, 6) is -2.59. The van der Waals surface area contributed by atoms with E-state index in [4.69, 9.17) is 0 Å². The molecule has 1 aliphatic rings. The predicted octanol–water partition coefficient (Wildman–Crippen LogP) is 2.09. The molecule has 11 heteroatoms. The highest BCUT2D eigenvalue weighted by Crippen LogP contribution is 2.48. The van der Waals surface area contributed by atoms with Crippen molar-refractivity contribution in [2.24, 2.45) is 0 Å². The number of hydrogen-bond donors (Lipinski definition) is 1. The molecule has 0 spiro atoms. The Balaban J connectivity index is 2.81. The molecule has 0 aliphatic carbocycles. The Kier molecular flexibility index (Phi) is 3.16. The van der Waals surface area contributed by atoms with Gasteiger partial charge in [0, 0.05) is 4.47 Å². The van der Waals surface area contributed by atoms with Gasteiger partial charge in [-0.2, -0.15) is 18.5 Å². The molecule has 0 aromatic heterocycles. The third kappa shape index (κ3) is 2.19. The zero-order valence-electron chi connectivity index (χ0n) is 9.12. The highest BCUT2D eigenvalue weighted by Gasteiger charge is 2.45. The van der Waals surface area contributed by atoms with Crippen molar-refractivity contribution in [1.29, 1.82) is 0 Å². The van der Waals surface area contributed by atoms with E-state index in [1.165, 1.54) is 0 Å². The summed E-state index contributed by atoms with van der Waals surface area (Å²) in [7, 11) is 0. The van der Waals surface area contributed by atoms with Crippen LogP contribution in [0.3, 0.4) is 0 Å². The summed E-state index contributed by atoms with van der Waals surface area (Å²) < 4.78 is 38.0. The fourth-order valence-corrected chi connectivity index (χ4v) is 2.25. The summed E-state index contributed by atoms with van der Waals surface area (Å²) >= 11 is 2.56. The van der Waals surface area contributed by atoms with E-state index in [0.717, 1.165) is 6.07 Å². The smallest absolute Gasteiger partial charge is 0.316 e. The molecular weight excluding hydrogens is 351 g/mol. The van der Waals surface area contributed by atoms with Crippen molar-refractivity contribution in [3.8, 4) is 0 Å². The molecule has 0 fully saturated rings. The quantitative estimate of drug-likeness (QED) is 0.474. The number of carbonyl (C=O) groups excluding carboxylic acids is 2. The van der Waals surface area contributed by atoms with Gasteiger partial charge in [0.1, 0.15) is 5.56 Å². The van der Waals surface area contributed by atoms with Gasteiger partial charge in [-0.1, -0.05) is 0 Å². The number of nitro groups is 1. The fraction of sp³-hybridized carbons (Fsp3) is 0.111. The number of anilines is 1. The number of nitro benzene ring substituents is 1. The van der Waals surface area contributed by atoms with E-state index in [0.29, 0.717) is 0 Å². The number of benzene rings is 1. The SMILES string of the molecule is O=C1[N]c2c(cc(Br)c(C(F)(F)F)c2[N+](=O)[O-])NC1=O. The van der Waals surface area contributed by atoms with E-state index in [1.807, 2.05) is 5.32 Å². The third-order valence-corrected chi connectivity index (χ3v) is 2.97. The summed E-state index contributed by atoms with van der Waals surface area (Å²) in [4.78, 5) is 31.7. The summed E-state index contributed by atoms with van der Waals surface area (Å²) in [5.41, 5.74) is -4.14. The normalized spacial score (nSPS) is 14.4. The van der Waals surface area contributed by atoms with Gasteiger partial charge >= 0.3 is 23.7 Å². The first-order valence-electron chi connectivity index (χ1n) is 4.78. The minimum Gasteiger partial charge on any atom is -0.316 e. The zero-order valence-corrected chi connectivity index (χ0v) is 10.7. The van der Waals surface area contributed by atoms with Crippen molar-refractivity contribution < 1.29 is 27.7 Å². The van der Waals surface area contributed by atoms with Crippen LogP contribution in [-0.2, 0) is 15.8 Å². The van der Waals surface area contributed by atoms with E-state index < -0.39 is 44.3 Å². The number of rotatable bonds is 1. The van der Waals surface area contributed by atoms with Crippen molar-refractivity contribution >= 4 is 44.8 Å². The Morgan fingerprint density at radius 2 is 1.95 bits per heavy atom. The predicted molar refractivity (Wildman–Crippen MR) is 61.2 cm³/mol. The minimum absolute atomic E-state index is 0.346. The first-order chi connectivity index (χ1) is 9.12. The summed E-state index contributed by atoms with van der Waals surface area (Å²) in [5, 5.41) is 15.9.